The van der Waals surface area contributed by atoms with Gasteiger partial charge in [-0.05, 0) is 36.8 Å². The number of nitrogens with one attached hydrogen (secondary N) is 1. The Morgan fingerprint density at radius 3 is 2.60 bits per heavy atom. The van der Waals surface area contributed by atoms with Crippen molar-refractivity contribution in [3.05, 3.63) is 52.4 Å². The number of furan rings is 1. The minimum Gasteiger partial charge on any atom is -0.467 e. The first-order chi connectivity index (χ1) is 9.40. The molecule has 0 aliphatic rings. The second-order valence-corrected chi connectivity index (χ2v) is 5.26. The number of benzene rings is 1. The van der Waals surface area contributed by atoms with Gasteiger partial charge in [0.05, 0.1) is 17.9 Å². The van der Waals surface area contributed by atoms with Gasteiger partial charge < -0.3 is 9.73 Å². The van der Waals surface area contributed by atoms with E-state index in [9.17, 15) is 13.2 Å². The molecule has 0 aliphatic carbocycles. The molecule has 20 heavy (non-hydrogen) atoms. The lowest BCUT2D eigenvalue weighted by Gasteiger charge is -2.17. The monoisotopic (exact) mass is 347 g/mol. The lowest BCUT2D eigenvalue weighted by Crippen LogP contribution is -2.11. The highest BCUT2D eigenvalue weighted by atomic mass is 79.9. The average molecular weight is 348 g/mol. The van der Waals surface area contributed by atoms with Crippen LogP contribution in [0.5, 0.6) is 0 Å². The molecule has 1 N–H and O–H groups in total. The van der Waals surface area contributed by atoms with Crippen molar-refractivity contribution < 1.29 is 17.6 Å². The molecular formula is C14H13BrF3NO. The summed E-state index contributed by atoms with van der Waals surface area (Å²) in [6.07, 6.45) is -2.13. The molecule has 0 aliphatic heterocycles. The number of hydrogen-bond acceptors (Lipinski definition) is 2. The zero-order valence-corrected chi connectivity index (χ0v) is 12.3. The second-order valence-electron chi connectivity index (χ2n) is 4.35. The van der Waals surface area contributed by atoms with Gasteiger partial charge in [0.15, 0.2) is 0 Å². The predicted octanol–water partition coefficient (Wildman–Crippen LogP) is 5.62. The molecule has 0 radical (unpaired) electrons. The summed E-state index contributed by atoms with van der Waals surface area (Å²) in [5, 5.41) is 3.06. The maximum absolute atomic E-state index is 12.8. The van der Waals surface area contributed by atoms with Crippen molar-refractivity contribution in [3.63, 3.8) is 0 Å². The molecule has 0 bridgehead atoms. The van der Waals surface area contributed by atoms with E-state index in [0.29, 0.717) is 22.3 Å². The molecule has 2 nitrogen and oxygen atoms in total. The molecular weight excluding hydrogens is 335 g/mol. The Hall–Kier alpha value is -1.43. The standard InChI is InChI=1S/C14H13BrF3NO/c1-2-12(13-4-3-5-20-13)19-11-7-9(14(16,17)18)6-10(15)8-11/h3-8,12,19H,2H2,1H3. The molecule has 0 saturated heterocycles. The molecule has 0 spiro atoms. The maximum Gasteiger partial charge on any atom is 0.416 e. The van der Waals surface area contributed by atoms with Crippen LogP contribution in [0.15, 0.2) is 45.5 Å². The van der Waals surface area contributed by atoms with Crippen LogP contribution in [0.3, 0.4) is 0 Å². The van der Waals surface area contributed by atoms with Crippen LogP contribution in [-0.4, -0.2) is 0 Å². The zero-order valence-electron chi connectivity index (χ0n) is 10.7. The Morgan fingerprint density at radius 1 is 1.30 bits per heavy atom. The first-order valence-electron chi connectivity index (χ1n) is 6.08. The number of hydrogen-bond donors (Lipinski definition) is 1. The van der Waals surface area contributed by atoms with Crippen LogP contribution < -0.4 is 5.32 Å². The van der Waals surface area contributed by atoms with E-state index in [4.69, 9.17) is 4.42 Å². The molecule has 0 saturated carbocycles. The molecule has 0 amide bonds. The minimum absolute atomic E-state index is 0.166. The fraction of sp³-hybridized carbons (Fsp3) is 0.286. The average Bonchev–Trinajstić information content (AvgIpc) is 2.88. The quantitative estimate of drug-likeness (QED) is 0.775. The highest BCUT2D eigenvalue weighted by Crippen LogP contribution is 2.34. The van der Waals surface area contributed by atoms with Gasteiger partial charge in [-0.25, -0.2) is 0 Å². The van der Waals surface area contributed by atoms with Gasteiger partial charge in [0.1, 0.15) is 5.76 Å². The topological polar surface area (TPSA) is 25.2 Å². The first kappa shape index (κ1) is 15.0. The number of alkyl halides is 3. The lowest BCUT2D eigenvalue weighted by molar-refractivity contribution is -0.137. The summed E-state index contributed by atoms with van der Waals surface area (Å²) in [7, 11) is 0. The molecule has 1 aromatic carbocycles. The van der Waals surface area contributed by atoms with Gasteiger partial charge in [0.25, 0.3) is 0 Å². The molecule has 2 rings (SSSR count). The van der Waals surface area contributed by atoms with Crippen LogP contribution in [0, 0.1) is 0 Å². The number of halogens is 4. The molecule has 2 aromatic rings. The van der Waals surface area contributed by atoms with E-state index in [-0.39, 0.29) is 6.04 Å². The summed E-state index contributed by atoms with van der Waals surface area (Å²) < 4.78 is 44.0. The number of rotatable bonds is 4. The van der Waals surface area contributed by atoms with Crippen LogP contribution in [0.1, 0.15) is 30.7 Å². The van der Waals surface area contributed by atoms with E-state index in [0.717, 1.165) is 12.1 Å². The zero-order chi connectivity index (χ0) is 14.8. The van der Waals surface area contributed by atoms with Gasteiger partial charge in [-0.15, -0.1) is 0 Å². The third-order valence-electron chi connectivity index (χ3n) is 2.86. The second kappa shape index (κ2) is 5.91. The third kappa shape index (κ3) is 3.56. The van der Waals surface area contributed by atoms with Crippen molar-refractivity contribution in [3.8, 4) is 0 Å². The lowest BCUT2D eigenvalue weighted by atomic mass is 10.1. The van der Waals surface area contributed by atoms with E-state index in [1.165, 1.54) is 0 Å². The van der Waals surface area contributed by atoms with Gasteiger partial charge in [-0.1, -0.05) is 22.9 Å². The molecule has 6 heteroatoms. The van der Waals surface area contributed by atoms with E-state index in [1.54, 1.807) is 24.5 Å². The van der Waals surface area contributed by atoms with Gasteiger partial charge in [-0.3, -0.25) is 0 Å². The molecule has 1 unspecified atom stereocenters. The van der Waals surface area contributed by atoms with Crippen molar-refractivity contribution in [2.45, 2.75) is 25.6 Å². The van der Waals surface area contributed by atoms with E-state index < -0.39 is 11.7 Å². The minimum atomic E-state index is -4.37. The van der Waals surface area contributed by atoms with Crippen LogP contribution in [-0.2, 0) is 6.18 Å². The summed E-state index contributed by atoms with van der Waals surface area (Å²) in [5.74, 6) is 0.695. The Morgan fingerprint density at radius 2 is 2.05 bits per heavy atom. The first-order valence-corrected chi connectivity index (χ1v) is 6.87. The fourth-order valence-electron chi connectivity index (χ4n) is 1.90. The Kier molecular flexibility index (Phi) is 4.42. The molecule has 1 aromatic heterocycles. The number of anilines is 1. The van der Waals surface area contributed by atoms with Crippen molar-refractivity contribution in [2.24, 2.45) is 0 Å². The van der Waals surface area contributed by atoms with E-state index >= 15 is 0 Å². The van der Waals surface area contributed by atoms with Gasteiger partial charge >= 0.3 is 6.18 Å². The van der Waals surface area contributed by atoms with Crippen molar-refractivity contribution in [1.82, 2.24) is 0 Å². The van der Waals surface area contributed by atoms with Crippen molar-refractivity contribution in [2.75, 3.05) is 5.32 Å². The van der Waals surface area contributed by atoms with Crippen molar-refractivity contribution in [1.29, 1.82) is 0 Å². The van der Waals surface area contributed by atoms with Gasteiger partial charge in [0, 0.05) is 10.2 Å². The molecule has 1 heterocycles. The Balaban J connectivity index is 2.27. The fourth-order valence-corrected chi connectivity index (χ4v) is 2.39. The Bertz CT molecular complexity index is 566. The summed E-state index contributed by atoms with van der Waals surface area (Å²) >= 11 is 3.10. The highest BCUT2D eigenvalue weighted by molar-refractivity contribution is 9.10. The summed E-state index contributed by atoms with van der Waals surface area (Å²) in [6.45, 7) is 1.93. The predicted molar refractivity (Wildman–Crippen MR) is 74.5 cm³/mol. The molecule has 108 valence electrons. The largest absolute Gasteiger partial charge is 0.467 e. The maximum atomic E-state index is 12.8. The van der Waals surface area contributed by atoms with Crippen LogP contribution in [0.4, 0.5) is 18.9 Å². The summed E-state index contributed by atoms with van der Waals surface area (Å²) in [4.78, 5) is 0. The van der Waals surface area contributed by atoms with Crippen LogP contribution in [0.2, 0.25) is 0 Å². The normalized spacial score (nSPS) is 13.2. The van der Waals surface area contributed by atoms with Crippen LogP contribution >= 0.6 is 15.9 Å². The molecule has 1 atom stereocenters. The van der Waals surface area contributed by atoms with Crippen LogP contribution in [0.25, 0.3) is 0 Å². The van der Waals surface area contributed by atoms with Gasteiger partial charge in [0.2, 0.25) is 0 Å². The summed E-state index contributed by atoms with van der Waals surface area (Å²) in [5.41, 5.74) is -0.293. The smallest absolute Gasteiger partial charge is 0.416 e. The van der Waals surface area contributed by atoms with Gasteiger partial charge in [-0.2, -0.15) is 13.2 Å². The van der Waals surface area contributed by atoms with E-state index in [1.807, 2.05) is 6.92 Å². The van der Waals surface area contributed by atoms with Crippen molar-refractivity contribution >= 4 is 21.6 Å². The summed E-state index contributed by atoms with van der Waals surface area (Å²) in [6, 6.07) is 7.14. The third-order valence-corrected chi connectivity index (χ3v) is 3.32. The highest BCUT2D eigenvalue weighted by Gasteiger charge is 2.31. The SMILES string of the molecule is CCC(Nc1cc(Br)cc(C(F)(F)F)c1)c1ccco1. The molecule has 0 fully saturated rings. The Labute approximate surface area is 123 Å². The van der Waals surface area contributed by atoms with E-state index in [2.05, 4.69) is 21.2 Å².